The maximum Gasteiger partial charge on any atom is 0.336 e. The predicted molar refractivity (Wildman–Crippen MR) is 122 cm³/mol. The highest BCUT2D eigenvalue weighted by molar-refractivity contribution is 9.10. The van der Waals surface area contributed by atoms with Gasteiger partial charge in [-0.15, -0.1) is 0 Å². The molecule has 0 unspecified atom stereocenters. The molecular formula is C23H16BrClN2O3. The van der Waals surface area contributed by atoms with E-state index in [9.17, 15) is 9.59 Å². The molecule has 5 nitrogen and oxygen atoms in total. The smallest absolute Gasteiger partial charge is 0.336 e. The molecule has 1 amide bonds. The Hall–Kier alpha value is -3.22. The molecule has 7 heteroatoms. The maximum atomic E-state index is 12.2. The van der Waals surface area contributed by atoms with Crippen molar-refractivity contribution in [2.24, 2.45) is 5.10 Å². The van der Waals surface area contributed by atoms with Crippen LogP contribution >= 0.6 is 27.5 Å². The van der Waals surface area contributed by atoms with E-state index in [1.807, 2.05) is 30.3 Å². The van der Waals surface area contributed by atoms with E-state index in [1.54, 1.807) is 42.5 Å². The number of benzene rings is 3. The van der Waals surface area contributed by atoms with Crippen molar-refractivity contribution in [3.05, 3.63) is 105 Å². The first-order valence-corrected chi connectivity index (χ1v) is 10.0. The third-order valence-electron chi connectivity index (χ3n) is 3.85. The van der Waals surface area contributed by atoms with Crippen LogP contribution in [0.3, 0.4) is 0 Å². The van der Waals surface area contributed by atoms with E-state index in [0.717, 1.165) is 10.0 Å². The Morgan fingerprint density at radius 3 is 2.57 bits per heavy atom. The number of hydrogen-bond donors (Lipinski definition) is 1. The second-order valence-electron chi connectivity index (χ2n) is 6.06. The number of halogens is 2. The fourth-order valence-electron chi connectivity index (χ4n) is 2.44. The lowest BCUT2D eigenvalue weighted by Gasteiger charge is -2.06. The average molecular weight is 484 g/mol. The Morgan fingerprint density at radius 2 is 1.80 bits per heavy atom. The number of rotatable bonds is 6. The van der Waals surface area contributed by atoms with Crippen LogP contribution in [0.1, 0.15) is 21.5 Å². The van der Waals surface area contributed by atoms with Crippen LogP contribution < -0.4 is 10.2 Å². The van der Waals surface area contributed by atoms with Gasteiger partial charge in [0.05, 0.1) is 6.21 Å². The van der Waals surface area contributed by atoms with Gasteiger partial charge in [0.15, 0.2) is 0 Å². The van der Waals surface area contributed by atoms with Gasteiger partial charge in [-0.2, -0.15) is 5.10 Å². The summed E-state index contributed by atoms with van der Waals surface area (Å²) in [6.07, 6.45) is 4.41. The largest absolute Gasteiger partial charge is 0.423 e. The van der Waals surface area contributed by atoms with E-state index in [-0.39, 0.29) is 0 Å². The third kappa shape index (κ3) is 6.40. The van der Waals surface area contributed by atoms with Crippen molar-refractivity contribution in [3.63, 3.8) is 0 Å². The van der Waals surface area contributed by atoms with Gasteiger partial charge in [0.1, 0.15) is 5.75 Å². The van der Waals surface area contributed by atoms with Gasteiger partial charge >= 0.3 is 5.97 Å². The number of carbonyl (C=O) groups excluding carboxylic acids is 2. The number of hydrogen-bond acceptors (Lipinski definition) is 4. The van der Waals surface area contributed by atoms with Crippen LogP contribution in [0.4, 0.5) is 0 Å². The van der Waals surface area contributed by atoms with Crippen molar-refractivity contribution in [2.45, 2.75) is 0 Å². The number of nitrogens with one attached hydrogen (secondary N) is 1. The van der Waals surface area contributed by atoms with E-state index in [0.29, 0.717) is 21.9 Å². The molecular weight excluding hydrogens is 468 g/mol. The summed E-state index contributed by atoms with van der Waals surface area (Å²) < 4.78 is 6.18. The van der Waals surface area contributed by atoms with Gasteiger partial charge in [-0.05, 0) is 48.0 Å². The van der Waals surface area contributed by atoms with Gasteiger partial charge in [0.25, 0.3) is 5.91 Å². The molecule has 0 atom stereocenters. The summed E-state index contributed by atoms with van der Waals surface area (Å²) in [6.45, 7) is 0. The Labute approximate surface area is 187 Å². The molecule has 0 aliphatic carbocycles. The van der Waals surface area contributed by atoms with Crippen molar-refractivity contribution in [2.75, 3.05) is 0 Å². The first-order chi connectivity index (χ1) is 14.5. The van der Waals surface area contributed by atoms with Crippen LogP contribution in [0.25, 0.3) is 6.08 Å². The van der Waals surface area contributed by atoms with Crippen molar-refractivity contribution in [3.8, 4) is 5.75 Å². The van der Waals surface area contributed by atoms with Gasteiger partial charge in [-0.25, -0.2) is 10.2 Å². The molecule has 0 saturated heterocycles. The molecule has 3 aromatic rings. The molecule has 3 aromatic carbocycles. The molecule has 0 aromatic heterocycles. The zero-order valence-electron chi connectivity index (χ0n) is 15.6. The summed E-state index contributed by atoms with van der Waals surface area (Å²) in [5, 5.41) is 4.41. The lowest BCUT2D eigenvalue weighted by molar-refractivity contribution is -0.128. The van der Waals surface area contributed by atoms with Crippen molar-refractivity contribution in [1.82, 2.24) is 5.43 Å². The summed E-state index contributed by atoms with van der Waals surface area (Å²) in [6, 6.07) is 21.0. The van der Waals surface area contributed by atoms with Crippen LogP contribution in [0.2, 0.25) is 5.02 Å². The van der Waals surface area contributed by atoms with Crippen LogP contribution in [0.15, 0.2) is 88.4 Å². The second-order valence-corrected chi connectivity index (χ2v) is 7.41. The molecule has 0 bridgehead atoms. The third-order valence-corrected chi connectivity index (χ3v) is 4.58. The van der Waals surface area contributed by atoms with E-state index in [2.05, 4.69) is 26.5 Å². The quantitative estimate of drug-likeness (QED) is 0.166. The molecule has 0 aliphatic rings. The Kier molecular flexibility index (Phi) is 7.54. The topological polar surface area (TPSA) is 67.8 Å². The molecule has 0 spiro atoms. The lowest BCUT2D eigenvalue weighted by Crippen LogP contribution is -2.17. The summed E-state index contributed by atoms with van der Waals surface area (Å²) in [7, 11) is 0. The van der Waals surface area contributed by atoms with Crippen molar-refractivity contribution >= 4 is 51.7 Å². The Morgan fingerprint density at radius 1 is 1.00 bits per heavy atom. The molecule has 0 saturated carbocycles. The Balaban J connectivity index is 1.68. The van der Waals surface area contributed by atoms with Crippen molar-refractivity contribution < 1.29 is 14.3 Å². The first-order valence-electron chi connectivity index (χ1n) is 8.85. The zero-order chi connectivity index (χ0) is 21.3. The second kappa shape index (κ2) is 10.5. The molecule has 1 N–H and O–H groups in total. The fourth-order valence-corrected chi connectivity index (χ4v) is 3.01. The maximum absolute atomic E-state index is 12.2. The minimum atomic E-state index is -0.529. The molecule has 0 fully saturated rings. The highest BCUT2D eigenvalue weighted by Gasteiger charge is 2.08. The highest BCUT2D eigenvalue weighted by Crippen LogP contribution is 2.22. The van der Waals surface area contributed by atoms with Gasteiger partial charge in [0.2, 0.25) is 0 Å². The van der Waals surface area contributed by atoms with E-state index >= 15 is 0 Å². The number of hydrazone groups is 1. The van der Waals surface area contributed by atoms with Gasteiger partial charge in [-0.3, -0.25) is 4.79 Å². The number of carbonyl (C=O) groups is 2. The van der Waals surface area contributed by atoms with Crippen LogP contribution in [0, 0.1) is 0 Å². The van der Waals surface area contributed by atoms with Crippen LogP contribution in [0.5, 0.6) is 5.75 Å². The summed E-state index contributed by atoms with van der Waals surface area (Å²) >= 11 is 9.26. The summed E-state index contributed by atoms with van der Waals surface area (Å²) in [5.74, 6) is -0.631. The highest BCUT2D eigenvalue weighted by atomic mass is 79.9. The van der Waals surface area contributed by atoms with Gasteiger partial charge in [-0.1, -0.05) is 63.9 Å². The molecule has 0 radical (unpaired) electrons. The predicted octanol–water partition coefficient (Wildman–Crippen LogP) is 5.49. The number of nitrogens with zero attached hydrogens (tertiary/aromatic N) is 1. The number of amides is 1. The first kappa shape index (κ1) is 21.5. The minimum absolute atomic E-state index is 0.307. The van der Waals surface area contributed by atoms with E-state index in [1.165, 1.54) is 18.4 Å². The zero-order valence-corrected chi connectivity index (χ0v) is 17.9. The standard InChI is InChI=1S/C23H16BrClN2O3/c24-19-10-11-21(30-22(28)12-9-16-5-2-1-3-6-16)18(13-19)15-26-27-23(29)17-7-4-8-20(25)14-17/h1-15H,(H,27,29)/b12-9+,26-15-. The lowest BCUT2D eigenvalue weighted by atomic mass is 10.2. The molecule has 0 heterocycles. The molecule has 0 aliphatic heterocycles. The SMILES string of the molecule is O=C(/C=C/c1ccccc1)Oc1ccc(Br)cc1/C=N\NC(=O)c1cccc(Cl)c1. The fraction of sp³-hybridized carbons (Fsp3) is 0. The summed E-state index contributed by atoms with van der Waals surface area (Å²) in [5.41, 5.74) is 4.20. The normalized spacial score (nSPS) is 11.0. The number of ether oxygens (including phenoxy) is 1. The monoisotopic (exact) mass is 482 g/mol. The molecule has 3 rings (SSSR count). The molecule has 30 heavy (non-hydrogen) atoms. The van der Waals surface area contributed by atoms with E-state index in [4.69, 9.17) is 16.3 Å². The van der Waals surface area contributed by atoms with E-state index < -0.39 is 11.9 Å². The Bertz CT molecular complexity index is 1110. The number of esters is 1. The summed E-state index contributed by atoms with van der Waals surface area (Å²) in [4.78, 5) is 24.3. The minimum Gasteiger partial charge on any atom is -0.423 e. The van der Waals surface area contributed by atoms with Gasteiger partial charge < -0.3 is 4.74 Å². The van der Waals surface area contributed by atoms with Crippen LogP contribution in [-0.4, -0.2) is 18.1 Å². The average Bonchev–Trinajstić information content (AvgIpc) is 2.75. The van der Waals surface area contributed by atoms with Crippen LogP contribution in [-0.2, 0) is 4.79 Å². The van der Waals surface area contributed by atoms with Crippen molar-refractivity contribution in [1.29, 1.82) is 0 Å². The van der Waals surface area contributed by atoms with Gasteiger partial charge in [0, 0.05) is 26.7 Å². The molecule has 150 valence electrons.